The van der Waals surface area contributed by atoms with Gasteiger partial charge in [0.15, 0.2) is 0 Å². The van der Waals surface area contributed by atoms with Gasteiger partial charge in [0.1, 0.15) is 12.4 Å². The standard InChI is InChI=1S/C17H19N3O3S/c1-3-23-14(22)9-20-17-15(11(2)19-20)16(24-10-13(21)18-17)12-7-5-4-6-8-12/h4-8,16H,3,9-10H2,1-2H3,(H,18,21)/t16-/m1/s1. The number of thioether (sulfide) groups is 1. The number of nitrogens with zero attached hydrogens (tertiary/aromatic N) is 2. The van der Waals surface area contributed by atoms with Gasteiger partial charge in [-0.2, -0.15) is 5.10 Å². The van der Waals surface area contributed by atoms with Crippen molar-refractivity contribution in [3.05, 3.63) is 47.2 Å². The molecule has 6 nitrogen and oxygen atoms in total. The molecule has 1 aromatic carbocycles. The van der Waals surface area contributed by atoms with E-state index in [0.29, 0.717) is 18.2 Å². The minimum atomic E-state index is -0.370. The van der Waals surface area contributed by atoms with Gasteiger partial charge in [-0.15, -0.1) is 11.8 Å². The van der Waals surface area contributed by atoms with Crippen LogP contribution in [-0.4, -0.2) is 34.0 Å². The summed E-state index contributed by atoms with van der Waals surface area (Å²) in [5.41, 5.74) is 2.86. The summed E-state index contributed by atoms with van der Waals surface area (Å²) in [6, 6.07) is 10.0. The largest absolute Gasteiger partial charge is 0.465 e. The van der Waals surface area contributed by atoms with Crippen molar-refractivity contribution in [3.8, 4) is 0 Å². The van der Waals surface area contributed by atoms with E-state index >= 15 is 0 Å². The van der Waals surface area contributed by atoms with Gasteiger partial charge in [-0.1, -0.05) is 30.3 Å². The number of esters is 1. The van der Waals surface area contributed by atoms with E-state index in [-0.39, 0.29) is 23.7 Å². The molecule has 1 aromatic heterocycles. The van der Waals surface area contributed by atoms with Crippen molar-refractivity contribution in [2.75, 3.05) is 17.7 Å². The number of anilines is 1. The SMILES string of the molecule is CCOC(=O)Cn1nc(C)c2c1NC(=O)CS[C@@H]2c1ccccc1. The molecule has 1 atom stereocenters. The lowest BCUT2D eigenvalue weighted by Gasteiger charge is -2.15. The summed E-state index contributed by atoms with van der Waals surface area (Å²) in [4.78, 5) is 23.9. The molecular formula is C17H19N3O3S. The molecule has 1 aliphatic rings. The van der Waals surface area contributed by atoms with E-state index in [4.69, 9.17) is 4.74 Å². The number of benzene rings is 1. The Labute approximate surface area is 144 Å². The first-order valence-electron chi connectivity index (χ1n) is 7.79. The fourth-order valence-electron chi connectivity index (χ4n) is 2.79. The molecule has 3 rings (SSSR count). The number of aromatic nitrogens is 2. The molecular weight excluding hydrogens is 326 g/mol. The first-order chi connectivity index (χ1) is 11.6. The van der Waals surface area contributed by atoms with Gasteiger partial charge >= 0.3 is 5.97 Å². The minimum absolute atomic E-state index is 0.00362. The first-order valence-corrected chi connectivity index (χ1v) is 8.84. The molecule has 0 spiro atoms. The fraction of sp³-hybridized carbons (Fsp3) is 0.353. The van der Waals surface area contributed by atoms with Gasteiger partial charge in [-0.05, 0) is 19.4 Å². The second-order valence-electron chi connectivity index (χ2n) is 5.46. The molecule has 0 unspecified atom stereocenters. The molecule has 0 radical (unpaired) electrons. The number of rotatable bonds is 4. The van der Waals surface area contributed by atoms with E-state index in [1.807, 2.05) is 37.3 Å². The van der Waals surface area contributed by atoms with Crippen LogP contribution < -0.4 is 5.32 Å². The number of nitrogens with one attached hydrogen (secondary N) is 1. The monoisotopic (exact) mass is 345 g/mol. The van der Waals surface area contributed by atoms with Crippen molar-refractivity contribution < 1.29 is 14.3 Å². The van der Waals surface area contributed by atoms with E-state index in [1.165, 1.54) is 4.68 Å². The zero-order valence-corrected chi connectivity index (χ0v) is 14.4. The lowest BCUT2D eigenvalue weighted by molar-refractivity contribution is -0.144. The van der Waals surface area contributed by atoms with Crippen molar-refractivity contribution in [1.29, 1.82) is 0 Å². The highest BCUT2D eigenvalue weighted by molar-refractivity contribution is 8.00. The molecule has 0 saturated carbocycles. The molecule has 1 aliphatic heterocycles. The van der Waals surface area contributed by atoms with Gasteiger partial charge in [0.2, 0.25) is 5.91 Å². The number of hydrogen-bond donors (Lipinski definition) is 1. The Balaban J connectivity index is 2.03. The van der Waals surface area contributed by atoms with Gasteiger partial charge in [0.05, 0.1) is 23.3 Å². The molecule has 1 amide bonds. The number of hydrogen-bond acceptors (Lipinski definition) is 5. The molecule has 2 aromatic rings. The highest BCUT2D eigenvalue weighted by Crippen LogP contribution is 2.42. The number of fused-ring (bicyclic) bond motifs is 1. The summed E-state index contributed by atoms with van der Waals surface area (Å²) < 4.78 is 6.53. The number of carbonyl (C=O) groups is 2. The molecule has 126 valence electrons. The van der Waals surface area contributed by atoms with Crippen LogP contribution in [0, 0.1) is 6.92 Å². The van der Waals surface area contributed by atoms with Crippen molar-refractivity contribution in [3.63, 3.8) is 0 Å². The van der Waals surface area contributed by atoms with E-state index in [0.717, 1.165) is 16.8 Å². The Morgan fingerprint density at radius 2 is 2.17 bits per heavy atom. The predicted octanol–water partition coefficient (Wildman–Crippen LogP) is 2.53. The van der Waals surface area contributed by atoms with E-state index < -0.39 is 0 Å². The summed E-state index contributed by atoms with van der Waals surface area (Å²) in [7, 11) is 0. The summed E-state index contributed by atoms with van der Waals surface area (Å²) in [6.07, 6.45) is 0. The second kappa shape index (κ2) is 7.09. The van der Waals surface area contributed by atoms with Gasteiger partial charge in [0, 0.05) is 5.56 Å². The molecule has 0 saturated heterocycles. The van der Waals surface area contributed by atoms with Crippen LogP contribution in [0.1, 0.15) is 29.0 Å². The lowest BCUT2D eigenvalue weighted by Crippen LogP contribution is -2.20. The number of carbonyl (C=O) groups excluding carboxylic acids is 2. The normalized spacial score (nSPS) is 16.9. The summed E-state index contributed by atoms with van der Waals surface area (Å²) in [6.45, 7) is 3.96. The average molecular weight is 345 g/mol. The topological polar surface area (TPSA) is 73.2 Å². The van der Waals surface area contributed by atoms with Crippen molar-refractivity contribution >= 4 is 29.5 Å². The van der Waals surface area contributed by atoms with Crippen LogP contribution in [0.4, 0.5) is 5.82 Å². The maximum absolute atomic E-state index is 12.1. The first kappa shape index (κ1) is 16.6. The average Bonchev–Trinajstić information content (AvgIpc) is 2.75. The van der Waals surface area contributed by atoms with Gasteiger partial charge in [-0.25, -0.2) is 4.68 Å². The minimum Gasteiger partial charge on any atom is -0.465 e. The van der Waals surface area contributed by atoms with Crippen LogP contribution in [0.2, 0.25) is 0 Å². The smallest absolute Gasteiger partial charge is 0.327 e. The van der Waals surface area contributed by atoms with Crippen molar-refractivity contribution in [2.45, 2.75) is 25.6 Å². The summed E-state index contributed by atoms with van der Waals surface area (Å²) >= 11 is 1.56. The molecule has 0 aliphatic carbocycles. The zero-order chi connectivity index (χ0) is 17.1. The Bertz CT molecular complexity index is 758. The van der Waals surface area contributed by atoms with Crippen LogP contribution in [-0.2, 0) is 20.9 Å². The highest BCUT2D eigenvalue weighted by Gasteiger charge is 2.30. The van der Waals surface area contributed by atoms with Crippen LogP contribution in [0.3, 0.4) is 0 Å². The summed E-state index contributed by atoms with van der Waals surface area (Å²) in [5, 5.41) is 7.34. The molecule has 1 N–H and O–H groups in total. The summed E-state index contributed by atoms with van der Waals surface area (Å²) in [5.74, 6) is 0.479. The molecule has 7 heteroatoms. The third-order valence-electron chi connectivity index (χ3n) is 3.76. The lowest BCUT2D eigenvalue weighted by atomic mass is 10.0. The van der Waals surface area contributed by atoms with Gasteiger partial charge < -0.3 is 10.1 Å². The Hall–Kier alpha value is -2.28. The Morgan fingerprint density at radius 1 is 1.42 bits per heavy atom. The highest BCUT2D eigenvalue weighted by atomic mass is 32.2. The van der Waals surface area contributed by atoms with Gasteiger partial charge in [0.25, 0.3) is 0 Å². The number of ether oxygens (including phenoxy) is 1. The van der Waals surface area contributed by atoms with E-state index in [2.05, 4.69) is 10.4 Å². The van der Waals surface area contributed by atoms with Crippen LogP contribution in [0.5, 0.6) is 0 Å². The maximum atomic E-state index is 12.1. The molecule has 0 fully saturated rings. The zero-order valence-electron chi connectivity index (χ0n) is 13.6. The predicted molar refractivity (Wildman–Crippen MR) is 93.0 cm³/mol. The number of aryl methyl sites for hydroxylation is 1. The third kappa shape index (κ3) is 3.31. The Morgan fingerprint density at radius 3 is 2.88 bits per heavy atom. The second-order valence-corrected chi connectivity index (χ2v) is 6.55. The Kier molecular flexibility index (Phi) is 4.89. The molecule has 2 heterocycles. The van der Waals surface area contributed by atoms with Crippen molar-refractivity contribution in [1.82, 2.24) is 9.78 Å². The van der Waals surface area contributed by atoms with Crippen LogP contribution in [0.25, 0.3) is 0 Å². The quantitative estimate of drug-likeness (QED) is 0.862. The molecule has 24 heavy (non-hydrogen) atoms. The van der Waals surface area contributed by atoms with E-state index in [9.17, 15) is 9.59 Å². The van der Waals surface area contributed by atoms with Crippen molar-refractivity contribution in [2.24, 2.45) is 0 Å². The van der Waals surface area contributed by atoms with Gasteiger partial charge in [-0.3, -0.25) is 9.59 Å². The van der Waals surface area contributed by atoms with Crippen LogP contribution >= 0.6 is 11.8 Å². The maximum Gasteiger partial charge on any atom is 0.327 e. The third-order valence-corrected chi connectivity index (χ3v) is 5.03. The van der Waals surface area contributed by atoms with Crippen LogP contribution in [0.15, 0.2) is 30.3 Å². The fourth-order valence-corrected chi connectivity index (χ4v) is 3.97. The number of amides is 1. The molecule has 0 bridgehead atoms. The van der Waals surface area contributed by atoms with E-state index in [1.54, 1.807) is 18.7 Å².